The molecule has 0 atom stereocenters. The van der Waals surface area contributed by atoms with Crippen LogP contribution in [0.2, 0.25) is 0 Å². The van der Waals surface area contributed by atoms with Crippen LogP contribution in [-0.2, 0) is 6.42 Å². The topological polar surface area (TPSA) is 113 Å². The summed E-state index contributed by atoms with van der Waals surface area (Å²) in [5.74, 6) is 0.408. The average molecular weight is 484 g/mol. The SMILES string of the molecule is Nc1ncnc2sc(CCO)c(-c3ccc(NC(=O)Nc4cccc(Br)c4)cc3)c12. The lowest BCUT2D eigenvalue weighted by Gasteiger charge is -2.10. The summed E-state index contributed by atoms with van der Waals surface area (Å²) in [5.41, 5.74) is 9.29. The number of aliphatic hydroxyl groups excluding tert-OH is 1. The minimum atomic E-state index is -0.333. The van der Waals surface area contributed by atoms with Gasteiger partial charge < -0.3 is 21.5 Å². The zero-order valence-electron chi connectivity index (χ0n) is 15.7. The zero-order valence-corrected chi connectivity index (χ0v) is 18.1. The number of fused-ring (bicyclic) bond motifs is 1. The first-order chi connectivity index (χ1) is 14.5. The summed E-state index contributed by atoms with van der Waals surface area (Å²) >= 11 is 4.88. The van der Waals surface area contributed by atoms with E-state index in [0.29, 0.717) is 23.6 Å². The molecule has 0 bridgehead atoms. The minimum absolute atomic E-state index is 0.0303. The van der Waals surface area contributed by atoms with Crippen LogP contribution < -0.4 is 16.4 Å². The Bertz CT molecular complexity index is 1210. The minimum Gasteiger partial charge on any atom is -0.396 e. The molecule has 0 spiro atoms. The zero-order chi connectivity index (χ0) is 21.1. The molecule has 7 nitrogen and oxygen atoms in total. The van der Waals surface area contributed by atoms with E-state index in [2.05, 4.69) is 36.5 Å². The van der Waals surface area contributed by atoms with E-state index in [1.54, 1.807) is 0 Å². The van der Waals surface area contributed by atoms with E-state index in [1.807, 2.05) is 48.5 Å². The molecule has 0 fully saturated rings. The van der Waals surface area contributed by atoms with Gasteiger partial charge in [-0.2, -0.15) is 0 Å². The number of aromatic nitrogens is 2. The molecule has 4 aromatic rings. The highest BCUT2D eigenvalue weighted by molar-refractivity contribution is 9.10. The summed E-state index contributed by atoms with van der Waals surface area (Å²) in [6.07, 6.45) is 1.95. The standard InChI is InChI=1S/C21H18BrN5O2S/c22-13-2-1-3-15(10-13)27-21(29)26-14-6-4-12(5-7-14)17-16(8-9-28)30-20-18(17)19(23)24-11-25-20/h1-7,10-11,28H,8-9H2,(H2,23,24,25)(H2,26,27,29). The van der Waals surface area contributed by atoms with Crippen LogP contribution in [0.15, 0.2) is 59.3 Å². The van der Waals surface area contributed by atoms with Crippen LogP contribution in [0, 0.1) is 0 Å². The first-order valence-electron chi connectivity index (χ1n) is 9.12. The van der Waals surface area contributed by atoms with Crippen LogP contribution in [0.3, 0.4) is 0 Å². The largest absolute Gasteiger partial charge is 0.396 e. The number of hydrogen-bond acceptors (Lipinski definition) is 6. The van der Waals surface area contributed by atoms with Crippen molar-refractivity contribution < 1.29 is 9.90 Å². The molecule has 4 rings (SSSR count). The number of urea groups is 1. The number of amides is 2. The van der Waals surface area contributed by atoms with E-state index in [9.17, 15) is 9.90 Å². The molecule has 0 radical (unpaired) electrons. The first-order valence-corrected chi connectivity index (χ1v) is 10.7. The Morgan fingerprint density at radius 2 is 1.87 bits per heavy atom. The molecule has 2 aromatic heterocycles. The number of anilines is 3. The fraction of sp³-hybridized carbons (Fsp3) is 0.0952. The lowest BCUT2D eigenvalue weighted by molar-refractivity contribution is 0.262. The Morgan fingerprint density at radius 1 is 1.10 bits per heavy atom. The van der Waals surface area contributed by atoms with E-state index >= 15 is 0 Å². The molecular formula is C21H18BrN5O2S. The normalized spacial score (nSPS) is 10.9. The van der Waals surface area contributed by atoms with Gasteiger partial charge in [0.05, 0.1) is 5.39 Å². The number of rotatable bonds is 5. The molecule has 0 unspecified atom stereocenters. The van der Waals surface area contributed by atoms with Crippen LogP contribution in [0.4, 0.5) is 22.0 Å². The highest BCUT2D eigenvalue weighted by Gasteiger charge is 2.17. The summed E-state index contributed by atoms with van der Waals surface area (Å²) in [7, 11) is 0. The van der Waals surface area contributed by atoms with Crippen molar-refractivity contribution in [2.24, 2.45) is 0 Å². The second kappa shape index (κ2) is 8.78. The molecule has 0 aliphatic rings. The Kier molecular flexibility index (Phi) is 5.93. The molecule has 2 aromatic carbocycles. The number of thiophene rings is 1. The Morgan fingerprint density at radius 3 is 2.60 bits per heavy atom. The van der Waals surface area contributed by atoms with E-state index in [-0.39, 0.29) is 12.6 Å². The van der Waals surface area contributed by atoms with E-state index in [4.69, 9.17) is 5.73 Å². The van der Waals surface area contributed by atoms with Gasteiger partial charge in [0.1, 0.15) is 17.0 Å². The van der Waals surface area contributed by atoms with Gasteiger partial charge in [0, 0.05) is 39.3 Å². The lowest BCUT2D eigenvalue weighted by atomic mass is 10.0. The Balaban J connectivity index is 1.58. The predicted octanol–water partition coefficient (Wildman–Crippen LogP) is 4.88. The van der Waals surface area contributed by atoms with Crippen LogP contribution in [-0.4, -0.2) is 27.7 Å². The van der Waals surface area contributed by atoms with Gasteiger partial charge in [-0.25, -0.2) is 14.8 Å². The lowest BCUT2D eigenvalue weighted by Crippen LogP contribution is -2.19. The number of benzene rings is 2. The molecule has 0 aliphatic heterocycles. The van der Waals surface area contributed by atoms with Crippen molar-refractivity contribution in [3.05, 3.63) is 64.2 Å². The van der Waals surface area contributed by atoms with Crippen molar-refractivity contribution in [3.63, 3.8) is 0 Å². The van der Waals surface area contributed by atoms with Crippen molar-refractivity contribution in [1.82, 2.24) is 9.97 Å². The second-order valence-electron chi connectivity index (χ2n) is 6.48. The summed E-state index contributed by atoms with van der Waals surface area (Å²) in [5, 5.41) is 15.9. The van der Waals surface area contributed by atoms with Gasteiger partial charge in [0.15, 0.2) is 0 Å². The third-order valence-corrected chi connectivity index (χ3v) is 6.09. The number of nitrogens with two attached hydrogens (primary N) is 1. The van der Waals surface area contributed by atoms with Gasteiger partial charge in [0.2, 0.25) is 0 Å². The molecule has 5 N–H and O–H groups in total. The maximum Gasteiger partial charge on any atom is 0.323 e. The van der Waals surface area contributed by atoms with Crippen molar-refractivity contribution in [3.8, 4) is 11.1 Å². The molecule has 2 heterocycles. The highest BCUT2D eigenvalue weighted by Crippen LogP contribution is 2.40. The Labute approximate surface area is 185 Å². The second-order valence-corrected chi connectivity index (χ2v) is 8.48. The number of carbonyl (C=O) groups excluding carboxylic acids is 1. The fourth-order valence-corrected chi connectivity index (χ4v) is 4.72. The molecule has 9 heteroatoms. The van der Waals surface area contributed by atoms with Crippen LogP contribution >= 0.6 is 27.3 Å². The summed E-state index contributed by atoms with van der Waals surface area (Å²) in [4.78, 5) is 22.5. The maximum absolute atomic E-state index is 12.3. The van der Waals surface area contributed by atoms with Crippen molar-refractivity contribution >= 4 is 60.7 Å². The molecule has 2 amide bonds. The predicted molar refractivity (Wildman–Crippen MR) is 125 cm³/mol. The molecule has 0 saturated carbocycles. The van der Waals surface area contributed by atoms with Crippen LogP contribution in [0.1, 0.15) is 4.88 Å². The molecule has 0 aliphatic carbocycles. The molecule has 0 saturated heterocycles. The smallest absolute Gasteiger partial charge is 0.323 e. The third kappa shape index (κ3) is 4.28. The fourth-order valence-electron chi connectivity index (χ4n) is 3.16. The van der Waals surface area contributed by atoms with E-state index < -0.39 is 0 Å². The van der Waals surface area contributed by atoms with Gasteiger partial charge in [-0.15, -0.1) is 11.3 Å². The van der Waals surface area contributed by atoms with Gasteiger partial charge in [0.25, 0.3) is 0 Å². The van der Waals surface area contributed by atoms with Crippen molar-refractivity contribution in [2.45, 2.75) is 6.42 Å². The first kappa shape index (κ1) is 20.3. The van der Waals surface area contributed by atoms with Gasteiger partial charge in [-0.05, 0) is 35.9 Å². The number of halogens is 1. The molecule has 152 valence electrons. The number of carbonyl (C=O) groups is 1. The average Bonchev–Trinajstić information content (AvgIpc) is 3.08. The van der Waals surface area contributed by atoms with E-state index in [1.165, 1.54) is 17.7 Å². The van der Waals surface area contributed by atoms with Gasteiger partial charge in [-0.1, -0.05) is 34.1 Å². The molecular weight excluding hydrogens is 466 g/mol. The maximum atomic E-state index is 12.3. The monoisotopic (exact) mass is 483 g/mol. The molecule has 30 heavy (non-hydrogen) atoms. The van der Waals surface area contributed by atoms with Crippen LogP contribution in [0.5, 0.6) is 0 Å². The number of nitrogens with zero attached hydrogens (tertiary/aromatic N) is 2. The van der Waals surface area contributed by atoms with Crippen molar-refractivity contribution in [1.29, 1.82) is 0 Å². The number of hydrogen-bond donors (Lipinski definition) is 4. The third-order valence-electron chi connectivity index (χ3n) is 4.44. The Hall–Kier alpha value is -3.01. The van der Waals surface area contributed by atoms with Gasteiger partial charge in [-0.3, -0.25) is 0 Å². The van der Waals surface area contributed by atoms with Crippen molar-refractivity contribution in [2.75, 3.05) is 23.0 Å². The van der Waals surface area contributed by atoms with E-state index in [0.717, 1.165) is 30.7 Å². The quantitative estimate of drug-likeness (QED) is 0.323. The number of aliphatic hydroxyl groups is 1. The highest BCUT2D eigenvalue weighted by atomic mass is 79.9. The number of nitrogen functional groups attached to an aromatic ring is 1. The summed E-state index contributed by atoms with van der Waals surface area (Å²) in [6, 6.07) is 14.5. The summed E-state index contributed by atoms with van der Waals surface area (Å²) < 4.78 is 0.884. The van der Waals surface area contributed by atoms with Crippen LogP contribution in [0.25, 0.3) is 21.3 Å². The summed E-state index contributed by atoms with van der Waals surface area (Å²) in [6.45, 7) is 0.0303. The van der Waals surface area contributed by atoms with Gasteiger partial charge >= 0.3 is 6.03 Å². The number of nitrogens with one attached hydrogen (secondary N) is 2.